The first-order valence-corrected chi connectivity index (χ1v) is 12.3. The number of nitrogens with one attached hydrogen (secondary N) is 1. The van der Waals surface area contributed by atoms with Gasteiger partial charge in [0.1, 0.15) is 5.75 Å². The molecule has 4 aliphatic carbocycles. The highest BCUT2D eigenvalue weighted by molar-refractivity contribution is 7.86. The predicted octanol–water partition coefficient (Wildman–Crippen LogP) is 0.990. The summed E-state index contributed by atoms with van der Waals surface area (Å²) in [4.78, 5) is 17.1. The Balaban J connectivity index is 1.08. The molecule has 1 amide bonds. The quantitative estimate of drug-likeness (QED) is 0.369. The van der Waals surface area contributed by atoms with Gasteiger partial charge in [0.05, 0.1) is 0 Å². The third-order valence-electron chi connectivity index (χ3n) is 6.95. The molecule has 6 rings (SSSR count). The van der Waals surface area contributed by atoms with Crippen molar-refractivity contribution in [2.75, 3.05) is 12.3 Å². The summed E-state index contributed by atoms with van der Waals surface area (Å²) in [6.45, 7) is -0.439. The first-order chi connectivity index (χ1) is 16.2. The van der Waals surface area contributed by atoms with Gasteiger partial charge >= 0.3 is 16.2 Å². The van der Waals surface area contributed by atoms with Gasteiger partial charge in [0.2, 0.25) is 23.5 Å². The lowest BCUT2D eigenvalue weighted by molar-refractivity contribution is 0.107. The second-order valence-electron chi connectivity index (χ2n) is 8.85. The molecule has 180 valence electrons. The van der Waals surface area contributed by atoms with Crippen molar-refractivity contribution in [1.29, 1.82) is 0 Å². The van der Waals surface area contributed by atoms with Crippen molar-refractivity contribution in [3.05, 3.63) is 46.6 Å². The van der Waals surface area contributed by atoms with Crippen molar-refractivity contribution in [2.24, 2.45) is 0 Å². The van der Waals surface area contributed by atoms with Crippen molar-refractivity contribution < 1.29 is 42.8 Å². The van der Waals surface area contributed by atoms with E-state index in [0.29, 0.717) is 38.1 Å². The smallest absolute Gasteiger partial charge is 0.432 e. The van der Waals surface area contributed by atoms with Crippen molar-refractivity contribution in [2.45, 2.75) is 36.5 Å². The van der Waals surface area contributed by atoms with E-state index in [-0.39, 0.29) is 35.4 Å². The topological polar surface area (TPSA) is 172 Å². The Morgan fingerprint density at radius 1 is 0.824 bits per heavy atom. The molecule has 0 fully saturated rings. The lowest BCUT2D eigenvalue weighted by Gasteiger charge is -2.12. The maximum Gasteiger partial charge on any atom is 0.432 e. The minimum atomic E-state index is -4.33. The second-order valence-corrected chi connectivity index (χ2v) is 10.5. The fraction of sp³-hybridized carbons (Fsp3) is 0.381. The number of nitrogens with zero attached hydrogens (tertiary/aromatic N) is 2. The SMILES string of the molecule is O=C(NCCS(=O)(=O)On1c(O)c2c(c1O)C1C=CC2C1)On1c(O)c2c(c1O)C1C=CC2C1. The molecule has 4 atom stereocenters. The van der Waals surface area contributed by atoms with E-state index in [1.54, 1.807) is 0 Å². The summed E-state index contributed by atoms with van der Waals surface area (Å²) in [5.41, 5.74) is 1.92. The van der Waals surface area contributed by atoms with Crippen molar-refractivity contribution in [3.8, 4) is 23.5 Å². The van der Waals surface area contributed by atoms with Crippen LogP contribution in [0.5, 0.6) is 23.5 Å². The summed E-state index contributed by atoms with van der Waals surface area (Å²) >= 11 is 0. The summed E-state index contributed by atoms with van der Waals surface area (Å²) in [5, 5.41) is 43.7. The van der Waals surface area contributed by atoms with Crippen LogP contribution in [0.1, 0.15) is 58.8 Å². The van der Waals surface area contributed by atoms with E-state index in [1.165, 1.54) is 0 Å². The number of carbonyl (C=O) groups excluding carboxylic acids is 1. The van der Waals surface area contributed by atoms with Crippen LogP contribution in [-0.2, 0) is 10.1 Å². The number of fused-ring (bicyclic) bond motifs is 10. The minimum absolute atomic E-state index is 0.0602. The molecule has 0 radical (unpaired) electrons. The van der Waals surface area contributed by atoms with E-state index in [1.807, 2.05) is 24.3 Å². The number of allylic oxidation sites excluding steroid dienone is 4. The molecule has 4 aliphatic rings. The molecular weight excluding hydrogens is 470 g/mol. The molecule has 2 aromatic rings. The zero-order valence-electron chi connectivity index (χ0n) is 17.6. The molecular formula is C21H21N3O9S. The van der Waals surface area contributed by atoms with Gasteiger partial charge in [-0.3, -0.25) is 4.28 Å². The van der Waals surface area contributed by atoms with Gasteiger partial charge in [0, 0.05) is 52.5 Å². The summed E-state index contributed by atoms with van der Waals surface area (Å²) in [6, 6.07) is 0. The monoisotopic (exact) mass is 491 g/mol. The molecule has 12 nitrogen and oxygen atoms in total. The highest BCUT2D eigenvalue weighted by Gasteiger charge is 2.43. The normalized spacial score (nSPS) is 25.1. The summed E-state index contributed by atoms with van der Waals surface area (Å²) in [7, 11) is -4.33. The highest BCUT2D eigenvalue weighted by atomic mass is 32.2. The van der Waals surface area contributed by atoms with E-state index >= 15 is 0 Å². The van der Waals surface area contributed by atoms with Gasteiger partial charge in [-0.2, -0.15) is 8.42 Å². The van der Waals surface area contributed by atoms with Crippen molar-refractivity contribution >= 4 is 16.2 Å². The molecule has 5 N–H and O–H groups in total. The third kappa shape index (κ3) is 2.82. The van der Waals surface area contributed by atoms with Crippen LogP contribution in [0.2, 0.25) is 0 Å². The molecule has 4 bridgehead atoms. The van der Waals surface area contributed by atoms with Gasteiger partial charge in [0.15, 0.2) is 0 Å². The van der Waals surface area contributed by atoms with Crippen LogP contribution in [0.4, 0.5) is 4.79 Å². The number of hydrogen-bond donors (Lipinski definition) is 5. The van der Waals surface area contributed by atoms with E-state index in [4.69, 9.17) is 9.12 Å². The molecule has 2 aromatic heterocycles. The Hall–Kier alpha value is -3.74. The largest absolute Gasteiger partial charge is 0.492 e. The lowest BCUT2D eigenvalue weighted by atomic mass is 10.0. The van der Waals surface area contributed by atoms with Gasteiger partial charge in [-0.15, -0.1) is 4.73 Å². The second kappa shape index (κ2) is 6.88. The molecule has 0 spiro atoms. The predicted molar refractivity (Wildman–Crippen MR) is 114 cm³/mol. The minimum Gasteiger partial charge on any atom is -0.492 e. The van der Waals surface area contributed by atoms with Crippen LogP contribution in [0, 0.1) is 0 Å². The number of aromatic nitrogens is 2. The zero-order chi connectivity index (χ0) is 23.9. The molecule has 0 aromatic carbocycles. The van der Waals surface area contributed by atoms with Gasteiger partial charge in [-0.25, -0.2) is 4.79 Å². The van der Waals surface area contributed by atoms with Gasteiger partial charge in [-0.1, -0.05) is 29.0 Å². The highest BCUT2D eigenvalue weighted by Crippen LogP contribution is 2.57. The number of aromatic hydroxyl groups is 4. The average Bonchev–Trinajstić information content (AvgIpc) is 3.61. The van der Waals surface area contributed by atoms with Gasteiger partial charge in [-0.05, 0) is 12.8 Å². The molecule has 2 heterocycles. The number of rotatable bonds is 6. The fourth-order valence-corrected chi connectivity index (χ4v) is 6.33. The van der Waals surface area contributed by atoms with Gasteiger partial charge < -0.3 is 30.6 Å². The molecule has 13 heteroatoms. The summed E-state index contributed by atoms with van der Waals surface area (Å²) < 4.78 is 30.7. The zero-order valence-corrected chi connectivity index (χ0v) is 18.4. The van der Waals surface area contributed by atoms with E-state index in [9.17, 15) is 33.6 Å². The van der Waals surface area contributed by atoms with Crippen molar-refractivity contribution in [3.63, 3.8) is 0 Å². The van der Waals surface area contributed by atoms with Gasteiger partial charge in [0.25, 0.3) is 0 Å². The number of hydrogen-bond acceptors (Lipinski definition) is 9. The Kier molecular flexibility index (Phi) is 4.22. The van der Waals surface area contributed by atoms with E-state index in [0.717, 1.165) is 6.42 Å². The third-order valence-corrected chi connectivity index (χ3v) is 8.03. The standard InChI is InChI=1S/C21H21N3O9S/c25-17-13-9-1-2-10(7-9)14(13)18(26)23(17)32-21(29)22-5-6-34(30,31)33-24-19(27)15-11-3-4-12(8-11)16(15)20(24)28/h1-4,9-12,25-28H,5-8H2,(H,22,29). The van der Waals surface area contributed by atoms with Crippen LogP contribution in [0.3, 0.4) is 0 Å². The van der Waals surface area contributed by atoms with Crippen LogP contribution in [0.15, 0.2) is 24.3 Å². The fourth-order valence-electron chi connectivity index (χ4n) is 5.54. The van der Waals surface area contributed by atoms with Crippen LogP contribution >= 0.6 is 0 Å². The Bertz CT molecular complexity index is 1330. The van der Waals surface area contributed by atoms with Crippen LogP contribution < -0.4 is 14.4 Å². The first-order valence-electron chi connectivity index (χ1n) is 10.7. The average molecular weight is 491 g/mol. The van der Waals surface area contributed by atoms with Crippen molar-refractivity contribution in [1.82, 2.24) is 14.8 Å². The van der Waals surface area contributed by atoms with E-state index in [2.05, 4.69) is 5.32 Å². The summed E-state index contributed by atoms with van der Waals surface area (Å²) in [6.07, 6.45) is 7.94. The Morgan fingerprint density at radius 2 is 1.24 bits per heavy atom. The van der Waals surface area contributed by atoms with Crippen LogP contribution in [0.25, 0.3) is 0 Å². The number of carbonyl (C=O) groups is 1. The first kappa shape index (κ1) is 20.8. The Labute approximate surface area is 193 Å². The van der Waals surface area contributed by atoms with E-state index < -0.39 is 40.3 Å². The molecule has 0 aliphatic heterocycles. The van der Waals surface area contributed by atoms with Crippen LogP contribution in [-0.4, -0.2) is 56.7 Å². The maximum absolute atomic E-state index is 12.4. The molecule has 34 heavy (non-hydrogen) atoms. The molecule has 4 unspecified atom stereocenters. The maximum atomic E-state index is 12.4. The molecule has 0 saturated carbocycles. The Morgan fingerprint density at radius 3 is 1.68 bits per heavy atom. The summed E-state index contributed by atoms with van der Waals surface area (Å²) in [5.74, 6) is -2.76. The lowest BCUT2D eigenvalue weighted by Crippen LogP contribution is -2.36. The number of amides is 1. The molecule has 0 saturated heterocycles.